The van der Waals surface area contributed by atoms with Gasteiger partial charge in [-0.1, -0.05) is 12.1 Å². The molecule has 94 valence electrons. The van der Waals surface area contributed by atoms with E-state index in [1.54, 1.807) is 0 Å². The zero-order valence-electron chi connectivity index (χ0n) is 9.33. The average molecular weight is 248 g/mol. The third-order valence-corrected chi connectivity index (χ3v) is 2.71. The monoisotopic (exact) mass is 248 g/mol. The van der Waals surface area contributed by atoms with Crippen LogP contribution in [-0.2, 0) is 6.42 Å². The third kappa shape index (κ3) is 1.98. The van der Waals surface area contributed by atoms with Gasteiger partial charge < -0.3 is 25.5 Å². The van der Waals surface area contributed by atoms with Gasteiger partial charge in [-0.05, 0) is 18.2 Å². The fourth-order valence-electron chi connectivity index (χ4n) is 1.69. The Morgan fingerprint density at radius 2 is 1.28 bits per heavy atom. The highest BCUT2D eigenvalue weighted by Crippen LogP contribution is 2.39. The van der Waals surface area contributed by atoms with Gasteiger partial charge in [0.2, 0.25) is 5.75 Å². The molecule has 5 nitrogen and oxygen atoms in total. The Kier molecular flexibility index (Phi) is 2.89. The lowest BCUT2D eigenvalue weighted by Crippen LogP contribution is -1.91. The van der Waals surface area contributed by atoms with Crippen molar-refractivity contribution in [1.82, 2.24) is 0 Å². The van der Waals surface area contributed by atoms with Gasteiger partial charge in [0, 0.05) is 17.5 Å². The second-order valence-corrected chi connectivity index (χ2v) is 3.89. The quantitative estimate of drug-likeness (QED) is 0.522. The van der Waals surface area contributed by atoms with Crippen molar-refractivity contribution in [1.29, 1.82) is 0 Å². The molecule has 0 aromatic heterocycles. The summed E-state index contributed by atoms with van der Waals surface area (Å²) in [6.07, 6.45) is 0.0260. The van der Waals surface area contributed by atoms with Gasteiger partial charge in [0.15, 0.2) is 11.5 Å². The van der Waals surface area contributed by atoms with Crippen molar-refractivity contribution in [3.05, 3.63) is 41.5 Å². The topological polar surface area (TPSA) is 101 Å². The first-order chi connectivity index (χ1) is 8.50. The zero-order valence-corrected chi connectivity index (χ0v) is 9.33. The summed E-state index contributed by atoms with van der Waals surface area (Å²) >= 11 is 0. The van der Waals surface area contributed by atoms with Crippen molar-refractivity contribution in [3.8, 4) is 28.7 Å². The summed E-state index contributed by atoms with van der Waals surface area (Å²) in [5.74, 6) is -1.75. The summed E-state index contributed by atoms with van der Waals surface area (Å²) in [5.41, 5.74) is 0.514. The van der Waals surface area contributed by atoms with E-state index >= 15 is 0 Å². The Hall–Kier alpha value is -2.56. The average Bonchev–Trinajstić information content (AvgIpc) is 2.34. The Morgan fingerprint density at radius 3 is 1.89 bits per heavy atom. The maximum atomic E-state index is 9.65. The van der Waals surface area contributed by atoms with Crippen LogP contribution in [0, 0.1) is 0 Å². The van der Waals surface area contributed by atoms with Crippen molar-refractivity contribution < 1.29 is 25.5 Å². The van der Waals surface area contributed by atoms with Gasteiger partial charge >= 0.3 is 0 Å². The molecule has 2 aromatic carbocycles. The van der Waals surface area contributed by atoms with Gasteiger partial charge in [-0.25, -0.2) is 0 Å². The summed E-state index contributed by atoms with van der Waals surface area (Å²) in [6.45, 7) is 0. The van der Waals surface area contributed by atoms with E-state index < -0.39 is 17.2 Å². The molecule has 0 atom stereocenters. The second-order valence-electron chi connectivity index (χ2n) is 3.89. The minimum atomic E-state index is -0.623. The predicted octanol–water partition coefficient (Wildman–Crippen LogP) is 1.81. The maximum absolute atomic E-state index is 9.65. The first kappa shape index (κ1) is 11.9. The molecule has 0 aliphatic rings. The smallest absolute Gasteiger partial charge is 0.200 e. The van der Waals surface area contributed by atoms with E-state index in [2.05, 4.69) is 0 Å². The predicted molar refractivity (Wildman–Crippen MR) is 64.0 cm³/mol. The molecule has 0 bridgehead atoms. The minimum Gasteiger partial charge on any atom is -0.508 e. The highest BCUT2D eigenvalue weighted by atomic mass is 16.3. The van der Waals surface area contributed by atoms with Crippen molar-refractivity contribution in [2.45, 2.75) is 6.42 Å². The molecule has 5 heteroatoms. The van der Waals surface area contributed by atoms with Crippen molar-refractivity contribution in [3.63, 3.8) is 0 Å². The summed E-state index contributed by atoms with van der Waals surface area (Å²) < 4.78 is 0. The standard InChI is InChI=1S/C13H12O5/c14-9-2-1-3-10(15)8(9)6-7-4-5-11(16)13(18)12(7)17/h1-5,14-18H,6H2. The van der Waals surface area contributed by atoms with Gasteiger partial charge in [0.1, 0.15) is 11.5 Å². The summed E-state index contributed by atoms with van der Waals surface area (Å²) in [5, 5.41) is 47.4. The highest BCUT2D eigenvalue weighted by Gasteiger charge is 2.14. The van der Waals surface area contributed by atoms with Crippen LogP contribution >= 0.6 is 0 Å². The molecule has 0 saturated heterocycles. The van der Waals surface area contributed by atoms with Crippen LogP contribution in [0.3, 0.4) is 0 Å². The van der Waals surface area contributed by atoms with Gasteiger partial charge in [0.25, 0.3) is 0 Å². The van der Waals surface area contributed by atoms with E-state index in [1.165, 1.54) is 30.3 Å². The van der Waals surface area contributed by atoms with Crippen molar-refractivity contribution >= 4 is 0 Å². The van der Waals surface area contributed by atoms with Crippen LogP contribution in [0.1, 0.15) is 11.1 Å². The molecule has 0 heterocycles. The number of aromatic hydroxyl groups is 5. The molecule has 0 unspecified atom stereocenters. The maximum Gasteiger partial charge on any atom is 0.200 e. The Bertz CT molecular complexity index is 572. The van der Waals surface area contributed by atoms with Gasteiger partial charge in [-0.15, -0.1) is 0 Å². The van der Waals surface area contributed by atoms with E-state index in [1.807, 2.05) is 0 Å². The fraction of sp³-hybridized carbons (Fsp3) is 0.0769. The van der Waals surface area contributed by atoms with E-state index in [0.29, 0.717) is 0 Å². The summed E-state index contributed by atoms with van der Waals surface area (Å²) in [4.78, 5) is 0. The Balaban J connectivity index is 2.44. The first-order valence-electron chi connectivity index (χ1n) is 5.23. The van der Waals surface area contributed by atoms with Crippen molar-refractivity contribution in [2.24, 2.45) is 0 Å². The number of phenols is 5. The van der Waals surface area contributed by atoms with E-state index in [9.17, 15) is 25.5 Å². The molecule has 5 N–H and O–H groups in total. The lowest BCUT2D eigenvalue weighted by Gasteiger charge is -2.10. The third-order valence-electron chi connectivity index (χ3n) is 2.71. The molecule has 0 radical (unpaired) electrons. The minimum absolute atomic E-state index is 0.0260. The molecule has 0 aliphatic carbocycles. The first-order valence-corrected chi connectivity index (χ1v) is 5.23. The molecule has 0 spiro atoms. The van der Waals surface area contributed by atoms with Crippen LogP contribution in [0.15, 0.2) is 30.3 Å². The Labute approximate surface area is 103 Å². The fourth-order valence-corrected chi connectivity index (χ4v) is 1.69. The van der Waals surface area contributed by atoms with Crippen LogP contribution in [0.4, 0.5) is 0 Å². The van der Waals surface area contributed by atoms with Crippen LogP contribution in [0.25, 0.3) is 0 Å². The molecule has 18 heavy (non-hydrogen) atoms. The lowest BCUT2D eigenvalue weighted by molar-refractivity contribution is 0.365. The van der Waals surface area contributed by atoms with E-state index in [-0.39, 0.29) is 29.0 Å². The molecule has 2 aromatic rings. The summed E-state index contributed by atoms with van der Waals surface area (Å²) in [6, 6.07) is 6.93. The number of hydrogen-bond donors (Lipinski definition) is 5. The number of rotatable bonds is 2. The van der Waals surface area contributed by atoms with Crippen LogP contribution in [-0.4, -0.2) is 25.5 Å². The van der Waals surface area contributed by atoms with Crippen molar-refractivity contribution in [2.75, 3.05) is 0 Å². The van der Waals surface area contributed by atoms with Crippen LogP contribution in [0.2, 0.25) is 0 Å². The molecule has 0 fully saturated rings. The number of benzene rings is 2. The number of phenolic OH excluding ortho intramolecular Hbond substituents is 5. The molecule has 0 amide bonds. The second kappa shape index (κ2) is 4.37. The zero-order chi connectivity index (χ0) is 13.3. The lowest BCUT2D eigenvalue weighted by atomic mass is 10.0. The largest absolute Gasteiger partial charge is 0.508 e. The highest BCUT2D eigenvalue weighted by molar-refractivity contribution is 5.56. The van der Waals surface area contributed by atoms with E-state index in [4.69, 9.17) is 0 Å². The van der Waals surface area contributed by atoms with Gasteiger partial charge in [0.05, 0.1) is 0 Å². The molecule has 0 saturated carbocycles. The van der Waals surface area contributed by atoms with E-state index in [0.717, 1.165) is 0 Å². The molecule has 2 rings (SSSR count). The molecular formula is C13H12O5. The van der Waals surface area contributed by atoms with Gasteiger partial charge in [-0.2, -0.15) is 0 Å². The van der Waals surface area contributed by atoms with Crippen LogP contribution < -0.4 is 0 Å². The van der Waals surface area contributed by atoms with Gasteiger partial charge in [-0.3, -0.25) is 0 Å². The normalized spacial score (nSPS) is 10.4. The number of hydrogen-bond acceptors (Lipinski definition) is 5. The van der Waals surface area contributed by atoms with Crippen LogP contribution in [0.5, 0.6) is 28.7 Å². The molecule has 0 aliphatic heterocycles. The SMILES string of the molecule is Oc1ccc(Cc2c(O)cccc2O)c(O)c1O. The summed E-state index contributed by atoms with van der Waals surface area (Å²) in [7, 11) is 0. The molecular weight excluding hydrogens is 236 g/mol. The Morgan fingerprint density at radius 1 is 0.667 bits per heavy atom.